The van der Waals surface area contributed by atoms with Gasteiger partial charge in [0.2, 0.25) is 0 Å². The maximum Gasteiger partial charge on any atom is 0.287 e. The lowest BCUT2D eigenvalue weighted by atomic mass is 10.1. The molecule has 1 aromatic heterocycles. The van der Waals surface area contributed by atoms with Crippen molar-refractivity contribution in [3.8, 4) is 12.3 Å². The summed E-state index contributed by atoms with van der Waals surface area (Å²) in [6, 6.07) is 0. The van der Waals surface area contributed by atoms with Crippen LogP contribution in [0.3, 0.4) is 0 Å². The van der Waals surface area contributed by atoms with Crippen LogP contribution in [0, 0.1) is 12.3 Å². The monoisotopic (exact) mass is 269 g/mol. The van der Waals surface area contributed by atoms with Crippen LogP contribution in [0.5, 0.6) is 0 Å². The molecule has 1 heterocycles. The minimum atomic E-state index is -0.601. The summed E-state index contributed by atoms with van der Waals surface area (Å²) in [6.45, 7) is 4.36. The Morgan fingerprint density at radius 2 is 2.33 bits per heavy atom. The summed E-state index contributed by atoms with van der Waals surface area (Å²) in [6.07, 6.45) is 6.85. The van der Waals surface area contributed by atoms with Crippen molar-refractivity contribution in [3.63, 3.8) is 0 Å². The van der Waals surface area contributed by atoms with E-state index in [1.165, 1.54) is 10.9 Å². The van der Waals surface area contributed by atoms with Gasteiger partial charge >= 0.3 is 0 Å². The smallest absolute Gasteiger partial charge is 0.287 e. The fourth-order valence-electron chi connectivity index (χ4n) is 1.26. The fraction of sp³-hybridized carbons (Fsp3) is 0.500. The average Bonchev–Trinajstić information content (AvgIpc) is 2.34. The van der Waals surface area contributed by atoms with Gasteiger partial charge in [0.25, 0.3) is 5.56 Å². The molecule has 0 fully saturated rings. The predicted octanol–water partition coefficient (Wildman–Crippen LogP) is 1.37. The van der Waals surface area contributed by atoms with E-state index in [-0.39, 0.29) is 10.6 Å². The Hall–Kier alpha value is -1.51. The van der Waals surface area contributed by atoms with Gasteiger partial charge in [0.1, 0.15) is 5.02 Å². The minimum Gasteiger partial charge on any atom is -0.383 e. The number of nitrogens with zero attached hydrogens (tertiary/aromatic N) is 2. The van der Waals surface area contributed by atoms with Crippen molar-refractivity contribution in [1.82, 2.24) is 9.78 Å². The number of hydrogen-bond donors (Lipinski definition) is 1. The van der Waals surface area contributed by atoms with E-state index in [1.54, 1.807) is 21.0 Å². The first kappa shape index (κ1) is 14.6. The molecule has 0 amide bonds. The Balaban J connectivity index is 3.02. The van der Waals surface area contributed by atoms with Crippen LogP contribution in [0.4, 0.5) is 5.69 Å². The van der Waals surface area contributed by atoms with Crippen LogP contribution >= 0.6 is 11.6 Å². The first-order valence-electron chi connectivity index (χ1n) is 5.42. The number of hydrogen-bond acceptors (Lipinski definition) is 4. The molecule has 1 N–H and O–H groups in total. The lowest BCUT2D eigenvalue weighted by Gasteiger charge is -2.21. The molecular formula is C12H16ClN3O2. The molecule has 0 unspecified atom stereocenters. The predicted molar refractivity (Wildman–Crippen MR) is 71.9 cm³/mol. The number of aromatic nitrogens is 2. The van der Waals surface area contributed by atoms with Crippen LogP contribution in [-0.2, 0) is 11.3 Å². The van der Waals surface area contributed by atoms with Gasteiger partial charge in [-0.25, -0.2) is 4.68 Å². The molecule has 0 radical (unpaired) electrons. The van der Waals surface area contributed by atoms with Crippen molar-refractivity contribution >= 4 is 17.3 Å². The van der Waals surface area contributed by atoms with E-state index in [9.17, 15) is 4.79 Å². The molecule has 5 nitrogen and oxygen atoms in total. The topological polar surface area (TPSA) is 56.1 Å². The Kier molecular flexibility index (Phi) is 4.76. The number of halogens is 1. The number of anilines is 1. The van der Waals surface area contributed by atoms with Crippen LogP contribution in [0.15, 0.2) is 11.0 Å². The number of methoxy groups -OCH3 is 1. The molecule has 6 heteroatoms. The highest BCUT2D eigenvalue weighted by Crippen LogP contribution is 2.19. The Labute approximate surface area is 111 Å². The zero-order chi connectivity index (χ0) is 13.8. The van der Waals surface area contributed by atoms with E-state index < -0.39 is 5.54 Å². The van der Waals surface area contributed by atoms with Gasteiger partial charge in [0, 0.05) is 7.11 Å². The van der Waals surface area contributed by atoms with Crippen molar-refractivity contribution in [1.29, 1.82) is 0 Å². The van der Waals surface area contributed by atoms with Crippen LogP contribution in [0.1, 0.15) is 13.8 Å². The summed E-state index contributed by atoms with van der Waals surface area (Å²) in [5.41, 5.74) is -0.541. The Bertz CT molecular complexity index is 517. The molecule has 0 aliphatic heterocycles. The number of terminal acetylenes is 1. The van der Waals surface area contributed by atoms with E-state index in [2.05, 4.69) is 16.3 Å². The largest absolute Gasteiger partial charge is 0.383 e. The van der Waals surface area contributed by atoms with E-state index in [4.69, 9.17) is 22.8 Å². The van der Waals surface area contributed by atoms with Gasteiger partial charge in [-0.15, -0.1) is 6.42 Å². The Morgan fingerprint density at radius 1 is 1.67 bits per heavy atom. The third kappa shape index (κ3) is 3.49. The van der Waals surface area contributed by atoms with Crippen molar-refractivity contribution in [2.75, 3.05) is 19.0 Å². The molecular weight excluding hydrogens is 254 g/mol. The van der Waals surface area contributed by atoms with Crippen LogP contribution in [0.2, 0.25) is 5.02 Å². The molecule has 1 aromatic rings. The molecule has 0 spiro atoms. The van der Waals surface area contributed by atoms with E-state index in [1.807, 2.05) is 0 Å². The minimum absolute atomic E-state index is 0.0735. The SMILES string of the molecule is C#CC(C)(C)Nc1cnn(CCOC)c(=O)c1Cl. The van der Waals surface area contributed by atoms with Gasteiger partial charge in [-0.1, -0.05) is 17.5 Å². The summed E-state index contributed by atoms with van der Waals surface area (Å²) >= 11 is 6.00. The highest BCUT2D eigenvalue weighted by Gasteiger charge is 2.17. The molecule has 1 rings (SSSR count). The summed E-state index contributed by atoms with van der Waals surface area (Å²) < 4.78 is 6.13. The van der Waals surface area contributed by atoms with Gasteiger partial charge < -0.3 is 10.1 Å². The zero-order valence-electron chi connectivity index (χ0n) is 10.7. The summed E-state index contributed by atoms with van der Waals surface area (Å²) in [7, 11) is 1.55. The molecule has 0 saturated heterocycles. The molecule has 18 heavy (non-hydrogen) atoms. The quantitative estimate of drug-likeness (QED) is 0.821. The molecule has 0 saturated carbocycles. The second kappa shape index (κ2) is 5.89. The second-order valence-electron chi connectivity index (χ2n) is 4.29. The normalized spacial score (nSPS) is 11.1. The van der Waals surface area contributed by atoms with Gasteiger partial charge in [-0.2, -0.15) is 5.10 Å². The van der Waals surface area contributed by atoms with Gasteiger partial charge in [-0.3, -0.25) is 4.79 Å². The van der Waals surface area contributed by atoms with Gasteiger partial charge in [0.15, 0.2) is 0 Å². The van der Waals surface area contributed by atoms with Gasteiger partial charge in [0.05, 0.1) is 30.6 Å². The first-order valence-corrected chi connectivity index (χ1v) is 5.79. The average molecular weight is 270 g/mol. The van der Waals surface area contributed by atoms with Gasteiger partial charge in [-0.05, 0) is 13.8 Å². The highest BCUT2D eigenvalue weighted by molar-refractivity contribution is 6.32. The van der Waals surface area contributed by atoms with E-state index >= 15 is 0 Å². The first-order chi connectivity index (χ1) is 8.41. The molecule has 0 aliphatic carbocycles. The number of ether oxygens (including phenoxy) is 1. The second-order valence-corrected chi connectivity index (χ2v) is 4.67. The summed E-state index contributed by atoms with van der Waals surface area (Å²) in [5.74, 6) is 2.56. The third-order valence-electron chi connectivity index (χ3n) is 2.30. The molecule has 98 valence electrons. The van der Waals surface area contributed by atoms with Crippen molar-refractivity contribution < 1.29 is 4.74 Å². The lowest BCUT2D eigenvalue weighted by molar-refractivity contribution is 0.182. The maximum atomic E-state index is 11.9. The summed E-state index contributed by atoms with van der Waals surface area (Å²) in [5, 5.41) is 7.06. The molecule has 0 aromatic carbocycles. The highest BCUT2D eigenvalue weighted by atomic mass is 35.5. The lowest BCUT2D eigenvalue weighted by Crippen LogP contribution is -2.32. The summed E-state index contributed by atoms with van der Waals surface area (Å²) in [4.78, 5) is 11.9. The van der Waals surface area contributed by atoms with Crippen LogP contribution < -0.4 is 10.9 Å². The molecule has 0 aliphatic rings. The van der Waals surface area contributed by atoms with Crippen LogP contribution in [0.25, 0.3) is 0 Å². The van der Waals surface area contributed by atoms with Crippen molar-refractivity contribution in [2.24, 2.45) is 0 Å². The van der Waals surface area contributed by atoms with Crippen molar-refractivity contribution in [3.05, 3.63) is 21.6 Å². The third-order valence-corrected chi connectivity index (χ3v) is 2.67. The number of nitrogens with one attached hydrogen (secondary N) is 1. The number of rotatable bonds is 5. The maximum absolute atomic E-state index is 11.9. The van der Waals surface area contributed by atoms with E-state index in [0.29, 0.717) is 18.8 Å². The molecule has 0 atom stereocenters. The Morgan fingerprint density at radius 3 is 2.89 bits per heavy atom. The van der Waals surface area contributed by atoms with Crippen LogP contribution in [-0.4, -0.2) is 29.0 Å². The fourth-order valence-corrected chi connectivity index (χ4v) is 1.46. The van der Waals surface area contributed by atoms with E-state index in [0.717, 1.165) is 0 Å². The zero-order valence-corrected chi connectivity index (χ0v) is 11.4. The van der Waals surface area contributed by atoms with Crippen molar-refractivity contribution in [2.45, 2.75) is 25.9 Å². The standard InChI is InChI=1S/C12H16ClN3O2/c1-5-12(2,3)15-9-8-14-16(6-7-18-4)11(17)10(9)13/h1,8,15H,6-7H2,2-4H3. The molecule has 0 bridgehead atoms.